The van der Waals surface area contributed by atoms with E-state index in [0.29, 0.717) is 6.67 Å². The summed E-state index contributed by atoms with van der Waals surface area (Å²) in [4.78, 5) is 12.3. The summed E-state index contributed by atoms with van der Waals surface area (Å²) < 4.78 is 2.33. The molecule has 9 aromatic rings. The van der Waals surface area contributed by atoms with E-state index >= 15 is 0 Å². The van der Waals surface area contributed by atoms with Crippen LogP contribution in [0.4, 0.5) is 39.8 Å². The molecule has 5 nitrogen and oxygen atoms in total. The van der Waals surface area contributed by atoms with Crippen LogP contribution in [0.5, 0.6) is 0 Å². The number of para-hydroxylation sites is 4. The second-order valence-corrected chi connectivity index (χ2v) is 18.2. The van der Waals surface area contributed by atoms with Crippen molar-refractivity contribution in [3.8, 4) is 16.9 Å². The zero-order chi connectivity index (χ0) is 41.9. The summed E-state index contributed by atoms with van der Waals surface area (Å²) >= 11 is 0. The predicted molar refractivity (Wildman–Crippen MR) is 258 cm³/mol. The van der Waals surface area contributed by atoms with Crippen LogP contribution in [-0.4, -0.2) is 16.2 Å². The maximum Gasteiger partial charge on any atom is 0.137 e. The molecule has 0 unspecified atom stereocenters. The van der Waals surface area contributed by atoms with Gasteiger partial charge >= 0.3 is 0 Å². The second kappa shape index (κ2) is 14.9. The zero-order valence-corrected chi connectivity index (χ0v) is 35.8. The first-order valence-electron chi connectivity index (χ1n) is 21.3. The second-order valence-electron chi connectivity index (χ2n) is 18.2. The van der Waals surface area contributed by atoms with E-state index in [-0.39, 0.29) is 10.8 Å². The van der Waals surface area contributed by atoms with Gasteiger partial charge in [-0.05, 0) is 106 Å². The minimum Gasteiger partial charge on any atom is -0.321 e. The molecule has 3 heterocycles. The highest BCUT2D eigenvalue weighted by Crippen LogP contribution is 2.49. The molecule has 0 aliphatic carbocycles. The summed E-state index contributed by atoms with van der Waals surface area (Å²) in [6, 6.07) is 66.2. The average molecular weight is 794 g/mol. The summed E-state index contributed by atoms with van der Waals surface area (Å²) in [6.45, 7) is 14.3. The summed E-state index contributed by atoms with van der Waals surface area (Å²) in [5.41, 5.74) is 15.2. The largest absolute Gasteiger partial charge is 0.321 e. The molecule has 0 radical (unpaired) electrons. The summed E-state index contributed by atoms with van der Waals surface area (Å²) in [5.74, 6) is 0.921. The topological polar surface area (TPSA) is 27.5 Å². The van der Waals surface area contributed by atoms with E-state index in [1.165, 1.54) is 50.1 Å². The molecule has 0 spiro atoms. The Kier molecular flexibility index (Phi) is 9.29. The molecule has 0 fully saturated rings. The Morgan fingerprint density at radius 1 is 0.459 bits per heavy atom. The molecular weight excluding hydrogens is 743 g/mol. The SMILES string of the molecule is CC(C)(C)c1ccnc(-n2c3ccccc3c3ccc(N(c4ccccc4)c4cccc(N5CN(c6cc(C(C)(C)C)ccc6-c6ccccc6)c6ccccc65)c4)cc32)c1. The van der Waals surface area contributed by atoms with E-state index in [1.807, 2.05) is 6.20 Å². The van der Waals surface area contributed by atoms with Crippen LogP contribution < -0.4 is 14.7 Å². The van der Waals surface area contributed by atoms with Gasteiger partial charge in [0.1, 0.15) is 12.5 Å². The first-order chi connectivity index (χ1) is 29.5. The van der Waals surface area contributed by atoms with E-state index in [1.54, 1.807) is 0 Å². The van der Waals surface area contributed by atoms with Gasteiger partial charge in [-0.1, -0.05) is 145 Å². The zero-order valence-electron chi connectivity index (χ0n) is 35.8. The highest BCUT2D eigenvalue weighted by atomic mass is 15.4. The number of anilines is 7. The molecule has 0 bridgehead atoms. The van der Waals surface area contributed by atoms with E-state index < -0.39 is 0 Å². The molecule has 7 aromatic carbocycles. The number of fused-ring (bicyclic) bond motifs is 4. The Labute approximate surface area is 359 Å². The van der Waals surface area contributed by atoms with Crippen LogP contribution in [0.3, 0.4) is 0 Å². The first-order valence-corrected chi connectivity index (χ1v) is 21.3. The standard InChI is InChI=1S/C56H51N5/c1-55(2,3)40-28-30-46(39-18-9-7-10-19-39)52(34-40)59-38-58(50-26-15-16-27-51(50)59)43-22-17-23-44(36-43)60(42-20-11-8-12-21-42)45-29-31-48-47-24-13-14-25-49(47)61(53(48)37-45)54-35-41(32-33-57-54)56(4,5)6/h7-37H,38H2,1-6H3. The number of hydrogen-bond donors (Lipinski definition) is 0. The monoisotopic (exact) mass is 793 g/mol. The Morgan fingerprint density at radius 3 is 1.84 bits per heavy atom. The fourth-order valence-electron chi connectivity index (χ4n) is 8.90. The fourth-order valence-corrected chi connectivity index (χ4v) is 8.90. The van der Waals surface area contributed by atoms with Gasteiger partial charge in [0.25, 0.3) is 0 Å². The van der Waals surface area contributed by atoms with Crippen molar-refractivity contribution < 1.29 is 0 Å². The molecule has 0 saturated heterocycles. The summed E-state index contributed by atoms with van der Waals surface area (Å²) in [6.07, 6.45) is 1.95. The lowest BCUT2D eigenvalue weighted by atomic mass is 9.85. The number of pyridine rings is 1. The number of aromatic nitrogens is 2. The maximum absolute atomic E-state index is 4.97. The molecule has 1 aliphatic rings. The van der Waals surface area contributed by atoms with Gasteiger partial charge in [0.15, 0.2) is 0 Å². The van der Waals surface area contributed by atoms with Crippen LogP contribution >= 0.6 is 0 Å². The summed E-state index contributed by atoms with van der Waals surface area (Å²) in [5, 5.41) is 2.41. The van der Waals surface area contributed by atoms with Crippen LogP contribution in [0.1, 0.15) is 52.7 Å². The van der Waals surface area contributed by atoms with Crippen molar-refractivity contribution in [2.75, 3.05) is 21.4 Å². The molecule has 0 N–H and O–H groups in total. The van der Waals surface area contributed by atoms with Crippen molar-refractivity contribution in [1.29, 1.82) is 0 Å². The van der Waals surface area contributed by atoms with Gasteiger partial charge in [0.05, 0.1) is 28.1 Å². The number of nitrogens with zero attached hydrogens (tertiary/aromatic N) is 5. The van der Waals surface area contributed by atoms with Gasteiger partial charge in [0, 0.05) is 45.3 Å². The quantitative estimate of drug-likeness (QED) is 0.161. The third-order valence-corrected chi connectivity index (χ3v) is 12.2. The van der Waals surface area contributed by atoms with Crippen LogP contribution in [0, 0.1) is 0 Å². The lowest BCUT2D eigenvalue weighted by molar-refractivity contribution is 0.588. The van der Waals surface area contributed by atoms with E-state index in [0.717, 1.165) is 39.6 Å². The van der Waals surface area contributed by atoms with Crippen molar-refractivity contribution in [3.63, 3.8) is 0 Å². The van der Waals surface area contributed by atoms with Crippen molar-refractivity contribution in [2.45, 2.75) is 52.4 Å². The lowest BCUT2D eigenvalue weighted by Crippen LogP contribution is -2.25. The minimum atomic E-state index is -0.00965. The third kappa shape index (κ3) is 6.90. The van der Waals surface area contributed by atoms with Crippen LogP contribution in [-0.2, 0) is 10.8 Å². The van der Waals surface area contributed by atoms with Crippen LogP contribution in [0.2, 0.25) is 0 Å². The lowest BCUT2D eigenvalue weighted by Gasteiger charge is -2.29. The molecule has 300 valence electrons. The van der Waals surface area contributed by atoms with Gasteiger partial charge in [-0.2, -0.15) is 0 Å². The number of benzene rings is 7. The molecule has 61 heavy (non-hydrogen) atoms. The van der Waals surface area contributed by atoms with Crippen molar-refractivity contribution in [3.05, 3.63) is 199 Å². The molecule has 5 heteroatoms. The first kappa shape index (κ1) is 38.1. The van der Waals surface area contributed by atoms with Crippen LogP contribution in [0.15, 0.2) is 188 Å². The van der Waals surface area contributed by atoms with Gasteiger partial charge < -0.3 is 14.7 Å². The number of rotatable bonds is 7. The molecule has 0 amide bonds. The van der Waals surface area contributed by atoms with Crippen molar-refractivity contribution >= 4 is 61.6 Å². The molecule has 1 aliphatic heterocycles. The fraction of sp³-hybridized carbons (Fsp3) is 0.161. The van der Waals surface area contributed by atoms with Gasteiger partial charge in [-0.15, -0.1) is 0 Å². The van der Waals surface area contributed by atoms with Gasteiger partial charge in [-0.25, -0.2) is 4.98 Å². The molecule has 2 aromatic heterocycles. The molecule has 10 rings (SSSR count). The molecular formula is C56H51N5. The average Bonchev–Trinajstić information content (AvgIpc) is 3.83. The molecule has 0 atom stereocenters. The maximum atomic E-state index is 4.97. The van der Waals surface area contributed by atoms with Crippen molar-refractivity contribution in [2.24, 2.45) is 0 Å². The van der Waals surface area contributed by atoms with Crippen molar-refractivity contribution in [1.82, 2.24) is 9.55 Å². The van der Waals surface area contributed by atoms with Gasteiger partial charge in [-0.3, -0.25) is 4.57 Å². The Morgan fingerprint density at radius 2 is 1.08 bits per heavy atom. The normalized spacial score (nSPS) is 13.0. The Hall–Kier alpha value is -7.11. The van der Waals surface area contributed by atoms with E-state index in [2.05, 4.69) is 243 Å². The summed E-state index contributed by atoms with van der Waals surface area (Å²) in [7, 11) is 0. The third-order valence-electron chi connectivity index (χ3n) is 12.2. The minimum absolute atomic E-state index is 0.00246. The van der Waals surface area contributed by atoms with Crippen LogP contribution in [0.25, 0.3) is 38.8 Å². The highest BCUT2D eigenvalue weighted by Gasteiger charge is 2.31. The predicted octanol–water partition coefficient (Wildman–Crippen LogP) is 15.2. The smallest absolute Gasteiger partial charge is 0.137 e. The molecule has 0 saturated carbocycles. The Balaban J connectivity index is 1.10. The van der Waals surface area contributed by atoms with Gasteiger partial charge in [0.2, 0.25) is 0 Å². The Bertz CT molecular complexity index is 3040. The van der Waals surface area contributed by atoms with E-state index in [9.17, 15) is 0 Å². The number of hydrogen-bond acceptors (Lipinski definition) is 4. The highest BCUT2D eigenvalue weighted by molar-refractivity contribution is 6.10. The van der Waals surface area contributed by atoms with E-state index in [4.69, 9.17) is 4.98 Å².